The van der Waals surface area contributed by atoms with Crippen molar-refractivity contribution in [2.24, 2.45) is 22.7 Å². The van der Waals surface area contributed by atoms with Gasteiger partial charge in [0.05, 0.1) is 11.5 Å². The second-order valence-corrected chi connectivity index (χ2v) is 10.6. The highest BCUT2D eigenvalue weighted by atomic mass is 32.2. The fraction of sp³-hybridized carbons (Fsp3) is 0.944. The van der Waals surface area contributed by atoms with Gasteiger partial charge in [-0.1, -0.05) is 26.7 Å². The van der Waals surface area contributed by atoms with Crippen LogP contribution in [-0.4, -0.2) is 56.5 Å². The predicted molar refractivity (Wildman–Crippen MR) is 99.0 cm³/mol. The maximum atomic E-state index is 11.7. The zero-order valence-electron chi connectivity index (χ0n) is 15.2. The minimum Gasteiger partial charge on any atom is -0.354 e. The first-order chi connectivity index (χ1) is 11.4. The van der Waals surface area contributed by atoms with E-state index < -0.39 is 9.84 Å². The average molecular weight is 356 g/mol. The van der Waals surface area contributed by atoms with E-state index in [2.05, 4.69) is 24.1 Å². The zero-order chi connectivity index (χ0) is 17.2. The molecule has 5 nitrogen and oxygen atoms in total. The molecular weight excluding hydrogens is 322 g/mol. The summed E-state index contributed by atoms with van der Waals surface area (Å²) in [7, 11) is -2.81. The van der Waals surface area contributed by atoms with E-state index in [0.29, 0.717) is 35.9 Å². The molecule has 24 heavy (non-hydrogen) atoms. The van der Waals surface area contributed by atoms with Crippen molar-refractivity contribution in [3.05, 3.63) is 0 Å². The second kappa shape index (κ2) is 7.63. The Morgan fingerprint density at radius 2 is 1.79 bits per heavy atom. The molecule has 3 rings (SSSR count). The van der Waals surface area contributed by atoms with Crippen molar-refractivity contribution in [2.45, 2.75) is 58.4 Å². The van der Waals surface area contributed by atoms with Crippen molar-refractivity contribution >= 4 is 15.8 Å². The molecule has 0 spiro atoms. The molecule has 2 saturated heterocycles. The van der Waals surface area contributed by atoms with Gasteiger partial charge in [-0.25, -0.2) is 8.42 Å². The summed E-state index contributed by atoms with van der Waals surface area (Å²) < 4.78 is 23.4. The summed E-state index contributed by atoms with van der Waals surface area (Å²) >= 11 is 0. The summed E-state index contributed by atoms with van der Waals surface area (Å²) in [5, 5.41) is 3.70. The van der Waals surface area contributed by atoms with Crippen molar-refractivity contribution in [2.75, 3.05) is 31.1 Å². The van der Waals surface area contributed by atoms with Crippen molar-refractivity contribution in [1.29, 1.82) is 0 Å². The number of hydrogen-bond acceptors (Lipinski definition) is 3. The molecule has 1 saturated carbocycles. The fourth-order valence-corrected chi connectivity index (χ4v) is 6.41. The van der Waals surface area contributed by atoms with Gasteiger partial charge in [0.25, 0.3) is 0 Å². The lowest BCUT2D eigenvalue weighted by atomic mass is 9.92. The molecule has 0 aromatic rings. The van der Waals surface area contributed by atoms with Gasteiger partial charge in [-0.2, -0.15) is 0 Å². The van der Waals surface area contributed by atoms with Gasteiger partial charge in [-0.3, -0.25) is 4.99 Å². The van der Waals surface area contributed by atoms with Gasteiger partial charge >= 0.3 is 0 Å². The summed E-state index contributed by atoms with van der Waals surface area (Å²) in [6, 6.07) is 0.545. The number of aliphatic imine (C=N–C) groups is 1. The highest BCUT2D eigenvalue weighted by molar-refractivity contribution is 7.91. The Bertz CT molecular complexity index is 545. The van der Waals surface area contributed by atoms with E-state index in [1.54, 1.807) is 0 Å². The SMILES string of the molecule is CC1CC(C)CN(C(=NCC2CCS(=O)(=O)C2)NC2CCCC2)C1. The number of piperidine rings is 1. The van der Waals surface area contributed by atoms with E-state index >= 15 is 0 Å². The Kier molecular flexibility index (Phi) is 5.73. The first kappa shape index (κ1) is 18.0. The number of guanidine groups is 1. The summed E-state index contributed by atoms with van der Waals surface area (Å²) in [5.74, 6) is 3.28. The van der Waals surface area contributed by atoms with Crippen LogP contribution in [0.4, 0.5) is 0 Å². The molecule has 3 fully saturated rings. The first-order valence-corrected chi connectivity index (χ1v) is 11.5. The van der Waals surface area contributed by atoms with Crippen LogP contribution < -0.4 is 5.32 Å². The Morgan fingerprint density at radius 1 is 1.12 bits per heavy atom. The Hall–Kier alpha value is -0.780. The average Bonchev–Trinajstić information content (AvgIpc) is 3.11. The molecule has 1 aliphatic carbocycles. The number of nitrogens with one attached hydrogen (secondary N) is 1. The first-order valence-electron chi connectivity index (χ1n) is 9.67. The number of rotatable bonds is 3. The maximum absolute atomic E-state index is 11.7. The Labute approximate surface area is 147 Å². The topological polar surface area (TPSA) is 61.8 Å². The number of sulfone groups is 1. The highest BCUT2D eigenvalue weighted by Crippen LogP contribution is 2.24. The summed E-state index contributed by atoms with van der Waals surface area (Å²) in [6.07, 6.45) is 7.13. The fourth-order valence-electron chi connectivity index (χ4n) is 4.56. The van der Waals surface area contributed by atoms with E-state index in [1.165, 1.54) is 32.1 Å². The van der Waals surface area contributed by atoms with Crippen molar-refractivity contribution in [1.82, 2.24) is 10.2 Å². The van der Waals surface area contributed by atoms with Gasteiger partial charge < -0.3 is 10.2 Å². The molecule has 3 unspecified atom stereocenters. The van der Waals surface area contributed by atoms with Crippen LogP contribution in [0.1, 0.15) is 52.4 Å². The van der Waals surface area contributed by atoms with E-state index in [-0.39, 0.29) is 5.92 Å². The monoisotopic (exact) mass is 355 g/mol. The third kappa shape index (κ3) is 4.87. The van der Waals surface area contributed by atoms with Crippen LogP contribution in [0.3, 0.4) is 0 Å². The van der Waals surface area contributed by atoms with Crippen LogP contribution in [0.25, 0.3) is 0 Å². The van der Waals surface area contributed by atoms with Crippen molar-refractivity contribution in [3.63, 3.8) is 0 Å². The van der Waals surface area contributed by atoms with Gasteiger partial charge in [0, 0.05) is 25.7 Å². The van der Waals surface area contributed by atoms with Gasteiger partial charge in [0.2, 0.25) is 0 Å². The molecule has 2 heterocycles. The van der Waals surface area contributed by atoms with Gasteiger partial charge in [-0.15, -0.1) is 0 Å². The van der Waals surface area contributed by atoms with Crippen LogP contribution in [-0.2, 0) is 9.84 Å². The standard InChI is InChI=1S/C18H33N3O2S/c1-14-9-15(2)12-21(11-14)18(20-17-5-3-4-6-17)19-10-16-7-8-24(22,23)13-16/h14-17H,3-13H2,1-2H3,(H,19,20). The minimum atomic E-state index is -2.81. The largest absolute Gasteiger partial charge is 0.354 e. The molecule has 3 aliphatic rings. The lowest BCUT2D eigenvalue weighted by molar-refractivity contribution is 0.206. The summed E-state index contributed by atoms with van der Waals surface area (Å²) in [6.45, 7) is 7.41. The summed E-state index contributed by atoms with van der Waals surface area (Å²) in [4.78, 5) is 7.31. The normalized spacial score (nSPS) is 34.7. The second-order valence-electron chi connectivity index (χ2n) is 8.41. The molecular formula is C18H33N3O2S. The Balaban J connectivity index is 1.67. The maximum Gasteiger partial charge on any atom is 0.194 e. The Morgan fingerprint density at radius 3 is 2.38 bits per heavy atom. The van der Waals surface area contributed by atoms with Gasteiger partial charge in [0.1, 0.15) is 0 Å². The summed E-state index contributed by atoms with van der Waals surface area (Å²) in [5.41, 5.74) is 0. The third-order valence-electron chi connectivity index (χ3n) is 5.68. The van der Waals surface area contributed by atoms with Crippen LogP contribution >= 0.6 is 0 Å². The third-order valence-corrected chi connectivity index (χ3v) is 7.52. The molecule has 0 aromatic heterocycles. The quantitative estimate of drug-likeness (QED) is 0.623. The van der Waals surface area contributed by atoms with E-state index in [9.17, 15) is 8.42 Å². The number of nitrogens with zero attached hydrogens (tertiary/aromatic N) is 2. The molecule has 0 bridgehead atoms. The van der Waals surface area contributed by atoms with Crippen LogP contribution in [0.5, 0.6) is 0 Å². The molecule has 138 valence electrons. The predicted octanol–water partition coefficient (Wildman–Crippen LogP) is 2.29. The molecule has 2 aliphatic heterocycles. The molecule has 3 atom stereocenters. The smallest absolute Gasteiger partial charge is 0.194 e. The van der Waals surface area contributed by atoms with Crippen LogP contribution in [0, 0.1) is 17.8 Å². The highest BCUT2D eigenvalue weighted by Gasteiger charge is 2.29. The van der Waals surface area contributed by atoms with Gasteiger partial charge in [-0.05, 0) is 43.4 Å². The molecule has 1 N–H and O–H groups in total. The number of likely N-dealkylation sites (tertiary alicyclic amines) is 1. The van der Waals surface area contributed by atoms with Crippen LogP contribution in [0.15, 0.2) is 4.99 Å². The molecule has 6 heteroatoms. The minimum absolute atomic E-state index is 0.204. The van der Waals surface area contributed by atoms with Crippen molar-refractivity contribution in [3.8, 4) is 0 Å². The molecule has 0 radical (unpaired) electrons. The van der Waals surface area contributed by atoms with E-state index in [4.69, 9.17) is 4.99 Å². The lowest BCUT2D eigenvalue weighted by Crippen LogP contribution is -2.51. The van der Waals surface area contributed by atoms with E-state index in [1.807, 2.05) is 0 Å². The van der Waals surface area contributed by atoms with Gasteiger partial charge in [0.15, 0.2) is 15.8 Å². The molecule has 0 aromatic carbocycles. The lowest BCUT2D eigenvalue weighted by Gasteiger charge is -2.38. The van der Waals surface area contributed by atoms with Crippen molar-refractivity contribution < 1.29 is 8.42 Å². The number of hydrogen-bond donors (Lipinski definition) is 1. The molecule has 0 amide bonds. The van der Waals surface area contributed by atoms with Crippen LogP contribution in [0.2, 0.25) is 0 Å². The zero-order valence-corrected chi connectivity index (χ0v) is 16.0. The van der Waals surface area contributed by atoms with E-state index in [0.717, 1.165) is 25.5 Å².